The number of hydrogen-bond acceptors (Lipinski definition) is 9. The third-order valence-electron chi connectivity index (χ3n) is 6.62. The second kappa shape index (κ2) is 10.2. The van der Waals surface area contributed by atoms with Crippen molar-refractivity contribution in [2.45, 2.75) is 32.3 Å². The zero-order valence-electron chi connectivity index (χ0n) is 22.2. The summed E-state index contributed by atoms with van der Waals surface area (Å²) in [5.74, 6) is 0.788. The Kier molecular flexibility index (Phi) is 6.82. The van der Waals surface area contributed by atoms with Gasteiger partial charge in [-0.3, -0.25) is 9.59 Å². The molecule has 1 N–H and O–H groups in total. The predicted octanol–water partition coefficient (Wildman–Crippen LogP) is 5.42. The molecule has 2 heterocycles. The fourth-order valence-corrected chi connectivity index (χ4v) is 4.87. The van der Waals surface area contributed by atoms with Crippen LogP contribution in [0.25, 0.3) is 22.1 Å². The van der Waals surface area contributed by atoms with Gasteiger partial charge in [0.05, 0.1) is 39.4 Å². The van der Waals surface area contributed by atoms with Crippen molar-refractivity contribution < 1.29 is 38.0 Å². The number of esters is 1. The van der Waals surface area contributed by atoms with Gasteiger partial charge in [0.25, 0.3) is 0 Å². The maximum atomic E-state index is 13.7. The van der Waals surface area contributed by atoms with Crippen molar-refractivity contribution in [2.75, 3.05) is 21.3 Å². The smallest absolute Gasteiger partial charge is 0.312 e. The van der Waals surface area contributed by atoms with Crippen LogP contribution in [-0.4, -0.2) is 38.5 Å². The van der Waals surface area contributed by atoms with Crippen LogP contribution >= 0.6 is 0 Å². The fraction of sp³-hybridized carbons (Fsp3) is 0.267. The van der Waals surface area contributed by atoms with E-state index >= 15 is 0 Å². The lowest BCUT2D eigenvalue weighted by molar-refractivity contribution is -0.135. The second-order valence-corrected chi connectivity index (χ2v) is 9.37. The topological polar surface area (TPSA) is 114 Å². The van der Waals surface area contributed by atoms with Gasteiger partial charge in [-0.25, -0.2) is 0 Å². The molecule has 1 aliphatic rings. The molecule has 202 valence electrons. The Morgan fingerprint density at radius 3 is 2.28 bits per heavy atom. The summed E-state index contributed by atoms with van der Waals surface area (Å²) < 4.78 is 33.5. The first kappa shape index (κ1) is 26.0. The number of methoxy groups -OCH3 is 3. The number of hydrogen-bond donors (Lipinski definition) is 1. The molecule has 0 spiro atoms. The van der Waals surface area contributed by atoms with E-state index < -0.39 is 17.3 Å². The van der Waals surface area contributed by atoms with Gasteiger partial charge in [-0.2, -0.15) is 0 Å². The van der Waals surface area contributed by atoms with Gasteiger partial charge in [-0.1, -0.05) is 12.1 Å². The number of ether oxygens (including phenoxy) is 5. The highest BCUT2D eigenvalue weighted by molar-refractivity contribution is 5.94. The highest BCUT2D eigenvalue weighted by Crippen LogP contribution is 2.47. The molecule has 3 aromatic carbocycles. The number of fused-ring (bicyclic) bond motifs is 3. The second-order valence-electron chi connectivity index (χ2n) is 9.37. The number of carbonyl (C=O) groups excluding carboxylic acids is 1. The first-order valence-corrected chi connectivity index (χ1v) is 12.3. The summed E-state index contributed by atoms with van der Waals surface area (Å²) in [5.41, 5.74) is 1.65. The van der Waals surface area contributed by atoms with Crippen molar-refractivity contribution in [1.82, 2.24) is 0 Å². The third-order valence-corrected chi connectivity index (χ3v) is 6.62. The lowest BCUT2D eigenvalue weighted by Gasteiger charge is -2.26. The summed E-state index contributed by atoms with van der Waals surface area (Å²) >= 11 is 0. The van der Waals surface area contributed by atoms with E-state index in [1.54, 1.807) is 30.3 Å². The average Bonchev–Trinajstić information content (AvgIpc) is 2.92. The third kappa shape index (κ3) is 4.60. The molecule has 0 bridgehead atoms. The Hall–Kier alpha value is -4.66. The Morgan fingerprint density at radius 2 is 1.59 bits per heavy atom. The number of aromatic hydroxyl groups is 1. The first-order valence-electron chi connectivity index (χ1n) is 12.3. The molecule has 0 fully saturated rings. The average molecular weight is 533 g/mol. The molecular weight excluding hydrogens is 504 g/mol. The van der Waals surface area contributed by atoms with Crippen LogP contribution in [0.2, 0.25) is 0 Å². The van der Waals surface area contributed by atoms with Crippen molar-refractivity contribution in [3.05, 3.63) is 70.1 Å². The summed E-state index contributed by atoms with van der Waals surface area (Å²) in [5, 5.41) is 10.9. The van der Waals surface area contributed by atoms with Gasteiger partial charge in [-0.05, 0) is 49.2 Å². The van der Waals surface area contributed by atoms with Crippen LogP contribution in [0.3, 0.4) is 0 Å². The SMILES string of the molecule is COc1ccc(-c2coc3c4c(cc(O)c3c2=O)OC(=O)C[C@@H]4c2ccc(OC(C)C)c(OC)c2)cc1OC. The molecule has 0 amide bonds. The van der Waals surface area contributed by atoms with Crippen molar-refractivity contribution in [3.8, 4) is 45.6 Å². The Morgan fingerprint density at radius 1 is 0.897 bits per heavy atom. The van der Waals surface area contributed by atoms with Crippen molar-refractivity contribution >= 4 is 16.9 Å². The molecule has 0 aliphatic carbocycles. The van der Waals surface area contributed by atoms with E-state index in [1.807, 2.05) is 19.9 Å². The van der Waals surface area contributed by atoms with Gasteiger partial charge >= 0.3 is 5.97 Å². The van der Waals surface area contributed by atoms with E-state index in [9.17, 15) is 14.7 Å². The van der Waals surface area contributed by atoms with Gasteiger partial charge < -0.3 is 33.2 Å². The highest BCUT2D eigenvalue weighted by atomic mass is 16.5. The molecule has 1 atom stereocenters. The van der Waals surface area contributed by atoms with E-state index in [4.69, 9.17) is 28.1 Å². The van der Waals surface area contributed by atoms with Gasteiger partial charge in [0.15, 0.2) is 23.0 Å². The molecule has 0 radical (unpaired) electrons. The van der Waals surface area contributed by atoms with Crippen LogP contribution in [0.15, 0.2) is 57.9 Å². The lowest BCUT2D eigenvalue weighted by atomic mass is 9.84. The van der Waals surface area contributed by atoms with Crippen LogP contribution in [0.1, 0.15) is 37.3 Å². The van der Waals surface area contributed by atoms with Crippen molar-refractivity contribution in [2.24, 2.45) is 0 Å². The molecule has 0 saturated carbocycles. The molecule has 9 nitrogen and oxygen atoms in total. The number of rotatable bonds is 7. The highest BCUT2D eigenvalue weighted by Gasteiger charge is 2.34. The van der Waals surface area contributed by atoms with E-state index in [1.165, 1.54) is 33.7 Å². The first-order chi connectivity index (χ1) is 18.7. The van der Waals surface area contributed by atoms with E-state index in [-0.39, 0.29) is 40.6 Å². The van der Waals surface area contributed by atoms with Gasteiger partial charge in [0.2, 0.25) is 5.43 Å². The maximum absolute atomic E-state index is 13.7. The summed E-state index contributed by atoms with van der Waals surface area (Å²) in [4.78, 5) is 26.3. The minimum atomic E-state index is -0.526. The minimum Gasteiger partial charge on any atom is -0.507 e. The van der Waals surface area contributed by atoms with Gasteiger partial charge in [-0.15, -0.1) is 0 Å². The molecule has 5 rings (SSSR count). The maximum Gasteiger partial charge on any atom is 0.312 e. The summed E-state index contributed by atoms with van der Waals surface area (Å²) in [6.45, 7) is 3.83. The molecule has 1 aliphatic heterocycles. The Bertz CT molecular complexity index is 1630. The minimum absolute atomic E-state index is 0.00154. The van der Waals surface area contributed by atoms with Crippen LogP contribution in [0.5, 0.6) is 34.5 Å². The summed E-state index contributed by atoms with van der Waals surface area (Å²) in [7, 11) is 4.56. The summed E-state index contributed by atoms with van der Waals surface area (Å²) in [6.07, 6.45) is 1.28. The molecule has 4 aromatic rings. The molecule has 0 saturated heterocycles. The largest absolute Gasteiger partial charge is 0.507 e. The number of phenols is 1. The van der Waals surface area contributed by atoms with E-state index in [0.29, 0.717) is 34.1 Å². The van der Waals surface area contributed by atoms with Crippen LogP contribution in [0, 0.1) is 0 Å². The standard InChI is InChI=1S/C30H28O9/c1-15(2)38-22-9-7-16(10-24(22)36-5)18-12-26(32)39-25-13-20(31)28-29(33)19(14-37-30(28)27(18)25)17-6-8-21(34-3)23(11-17)35-4/h6-11,13-15,18,31H,12H2,1-5H3/t18-/m1/s1. The van der Waals surface area contributed by atoms with E-state index in [0.717, 1.165) is 5.56 Å². The van der Waals surface area contributed by atoms with Crippen molar-refractivity contribution in [3.63, 3.8) is 0 Å². The molecule has 39 heavy (non-hydrogen) atoms. The normalized spacial score (nSPS) is 14.6. The Balaban J connectivity index is 1.69. The van der Waals surface area contributed by atoms with Crippen molar-refractivity contribution in [1.29, 1.82) is 0 Å². The number of benzene rings is 3. The monoisotopic (exact) mass is 532 g/mol. The zero-order valence-corrected chi connectivity index (χ0v) is 22.2. The van der Waals surface area contributed by atoms with Crippen LogP contribution < -0.4 is 29.1 Å². The molecular formula is C30H28O9. The van der Waals surface area contributed by atoms with Crippen LogP contribution in [0.4, 0.5) is 0 Å². The lowest BCUT2D eigenvalue weighted by Crippen LogP contribution is -2.22. The quantitative estimate of drug-likeness (QED) is 0.246. The zero-order chi connectivity index (χ0) is 27.8. The van der Waals surface area contributed by atoms with E-state index in [2.05, 4.69) is 0 Å². The summed E-state index contributed by atoms with van der Waals surface area (Å²) in [6, 6.07) is 11.7. The number of carbonyl (C=O) groups is 1. The predicted molar refractivity (Wildman–Crippen MR) is 144 cm³/mol. The fourth-order valence-electron chi connectivity index (χ4n) is 4.87. The molecule has 1 aromatic heterocycles. The van der Waals surface area contributed by atoms with Gasteiger partial charge in [0, 0.05) is 17.5 Å². The Labute approximate surface area is 224 Å². The molecule has 0 unspecified atom stereocenters. The van der Waals surface area contributed by atoms with Crippen LogP contribution in [-0.2, 0) is 4.79 Å². The number of phenolic OH excluding ortho intramolecular Hbond substituents is 1. The van der Waals surface area contributed by atoms with Gasteiger partial charge in [0.1, 0.15) is 28.7 Å². The molecule has 9 heteroatoms.